The van der Waals surface area contributed by atoms with E-state index in [1.165, 1.54) is 17.3 Å². The molecule has 0 amide bonds. The highest BCUT2D eigenvalue weighted by Gasteiger charge is 2.12. The molecule has 1 fully saturated rings. The summed E-state index contributed by atoms with van der Waals surface area (Å²) in [6.45, 7) is 2.09. The van der Waals surface area contributed by atoms with Gasteiger partial charge in [0.25, 0.3) is 0 Å². The summed E-state index contributed by atoms with van der Waals surface area (Å²) in [5.41, 5.74) is 0. The minimum absolute atomic E-state index is 0.807. The van der Waals surface area contributed by atoms with Crippen molar-refractivity contribution in [3.63, 3.8) is 0 Å². The summed E-state index contributed by atoms with van der Waals surface area (Å²) in [7, 11) is 0. The molecule has 0 spiro atoms. The molecule has 12 heavy (non-hydrogen) atoms. The van der Waals surface area contributed by atoms with Crippen molar-refractivity contribution in [3.8, 4) is 12.3 Å². The fourth-order valence-corrected chi connectivity index (χ4v) is 3.72. The Morgan fingerprint density at radius 1 is 1.50 bits per heavy atom. The first-order valence-corrected chi connectivity index (χ1v) is 6.47. The quantitative estimate of drug-likeness (QED) is 0.546. The first-order chi connectivity index (χ1) is 5.93. The molecule has 1 nitrogen and oxygen atoms in total. The van der Waals surface area contributed by atoms with Crippen LogP contribution in [-0.2, 0) is 0 Å². The second kappa shape index (κ2) is 6.71. The molecule has 1 unspecified atom stereocenters. The molecular weight excluding hydrogens is 186 g/mol. The monoisotopic (exact) mass is 201 g/mol. The summed E-state index contributed by atoms with van der Waals surface area (Å²) in [5.74, 6) is 6.57. The highest BCUT2D eigenvalue weighted by molar-refractivity contribution is 8.06. The predicted molar refractivity (Wildman–Crippen MR) is 59.9 cm³/mol. The average molecular weight is 201 g/mol. The summed E-state index contributed by atoms with van der Waals surface area (Å²) < 4.78 is 0. The molecule has 0 aromatic carbocycles. The van der Waals surface area contributed by atoms with Crippen LogP contribution in [-0.4, -0.2) is 35.6 Å². The van der Waals surface area contributed by atoms with Crippen molar-refractivity contribution in [1.82, 2.24) is 5.32 Å². The van der Waals surface area contributed by atoms with Gasteiger partial charge in [0.05, 0.1) is 0 Å². The van der Waals surface area contributed by atoms with E-state index >= 15 is 0 Å². The zero-order chi connectivity index (χ0) is 8.65. The molecule has 0 aromatic heterocycles. The summed E-state index contributed by atoms with van der Waals surface area (Å²) >= 11 is 4.15. The smallest absolute Gasteiger partial charge is 0.0263 e. The van der Waals surface area contributed by atoms with E-state index in [-0.39, 0.29) is 0 Å². The lowest BCUT2D eigenvalue weighted by Gasteiger charge is -2.20. The van der Waals surface area contributed by atoms with Gasteiger partial charge >= 0.3 is 0 Å². The first-order valence-electron chi connectivity index (χ1n) is 4.27. The van der Waals surface area contributed by atoms with Crippen molar-refractivity contribution < 1.29 is 0 Å². The lowest BCUT2D eigenvalue weighted by atomic mass is 10.4. The first kappa shape index (κ1) is 10.3. The lowest BCUT2D eigenvalue weighted by molar-refractivity contribution is 0.694. The van der Waals surface area contributed by atoms with Gasteiger partial charge in [-0.1, -0.05) is 0 Å². The number of thioether (sulfide) groups is 2. The van der Waals surface area contributed by atoms with Crippen molar-refractivity contribution in [2.45, 2.75) is 11.7 Å². The Labute approximate surface area is 83.4 Å². The highest BCUT2D eigenvalue weighted by Crippen LogP contribution is 2.23. The molecule has 1 aliphatic heterocycles. The zero-order valence-corrected chi connectivity index (χ0v) is 8.85. The molecule has 0 bridgehead atoms. The fourth-order valence-electron chi connectivity index (χ4n) is 1.08. The van der Waals surface area contributed by atoms with Gasteiger partial charge in [0, 0.05) is 42.0 Å². The van der Waals surface area contributed by atoms with E-state index in [2.05, 4.69) is 34.8 Å². The van der Waals surface area contributed by atoms with Crippen LogP contribution < -0.4 is 5.32 Å². The molecule has 3 heteroatoms. The standard InChI is InChI=1S/C9H15NS2/c1-2-3-4-10-7-9-8-11-5-6-12-9/h1,9-10H,3-8H2. The van der Waals surface area contributed by atoms with Crippen LogP contribution in [0.3, 0.4) is 0 Å². The number of hydrogen-bond donors (Lipinski definition) is 1. The molecule has 1 heterocycles. The minimum Gasteiger partial charge on any atom is -0.315 e. The zero-order valence-electron chi connectivity index (χ0n) is 7.21. The molecule has 0 aliphatic carbocycles. The molecule has 1 N–H and O–H groups in total. The van der Waals surface area contributed by atoms with E-state index in [0.717, 1.165) is 24.8 Å². The molecule has 1 atom stereocenters. The van der Waals surface area contributed by atoms with Gasteiger partial charge in [0.15, 0.2) is 0 Å². The third-order valence-corrected chi connectivity index (χ3v) is 4.55. The fraction of sp³-hybridized carbons (Fsp3) is 0.778. The maximum atomic E-state index is 5.15. The summed E-state index contributed by atoms with van der Waals surface area (Å²) in [6, 6.07) is 0. The number of terminal acetylenes is 1. The topological polar surface area (TPSA) is 12.0 Å². The van der Waals surface area contributed by atoms with Gasteiger partial charge in [0.1, 0.15) is 0 Å². The van der Waals surface area contributed by atoms with Crippen molar-refractivity contribution >= 4 is 23.5 Å². The van der Waals surface area contributed by atoms with Crippen LogP contribution in [0.5, 0.6) is 0 Å². The third-order valence-electron chi connectivity index (χ3n) is 1.70. The molecule has 68 valence electrons. The Morgan fingerprint density at radius 3 is 3.08 bits per heavy atom. The summed E-state index contributed by atoms with van der Waals surface area (Å²) in [5, 5.41) is 4.19. The van der Waals surface area contributed by atoms with Crippen molar-refractivity contribution in [1.29, 1.82) is 0 Å². The van der Waals surface area contributed by atoms with E-state index in [1.54, 1.807) is 0 Å². The Kier molecular flexibility index (Phi) is 5.76. The van der Waals surface area contributed by atoms with Crippen LogP contribution in [0.25, 0.3) is 0 Å². The Bertz CT molecular complexity index is 147. The Balaban J connectivity index is 1.95. The lowest BCUT2D eigenvalue weighted by Crippen LogP contribution is -2.29. The van der Waals surface area contributed by atoms with Crippen molar-refractivity contribution in [2.75, 3.05) is 30.3 Å². The van der Waals surface area contributed by atoms with Crippen LogP contribution >= 0.6 is 23.5 Å². The van der Waals surface area contributed by atoms with E-state index in [4.69, 9.17) is 6.42 Å². The molecule has 1 rings (SSSR count). The van der Waals surface area contributed by atoms with E-state index in [0.29, 0.717) is 0 Å². The van der Waals surface area contributed by atoms with E-state index in [1.807, 2.05) is 0 Å². The molecular formula is C9H15NS2. The van der Waals surface area contributed by atoms with Crippen molar-refractivity contribution in [3.05, 3.63) is 0 Å². The summed E-state index contributed by atoms with van der Waals surface area (Å²) in [4.78, 5) is 0. The normalized spacial score (nSPS) is 23.4. The molecule has 0 aromatic rings. The molecule has 1 aliphatic rings. The molecule has 1 saturated heterocycles. The van der Waals surface area contributed by atoms with Gasteiger partial charge in [-0.25, -0.2) is 0 Å². The van der Waals surface area contributed by atoms with E-state index < -0.39 is 0 Å². The molecule has 0 saturated carbocycles. The largest absolute Gasteiger partial charge is 0.315 e. The van der Waals surface area contributed by atoms with Gasteiger partial charge in [-0.3, -0.25) is 0 Å². The van der Waals surface area contributed by atoms with Gasteiger partial charge in [-0.05, 0) is 0 Å². The van der Waals surface area contributed by atoms with Gasteiger partial charge in [-0.15, -0.1) is 12.3 Å². The maximum absolute atomic E-state index is 5.15. The second-order valence-corrected chi connectivity index (χ2v) is 5.28. The number of hydrogen-bond acceptors (Lipinski definition) is 3. The van der Waals surface area contributed by atoms with Crippen LogP contribution in [0, 0.1) is 12.3 Å². The maximum Gasteiger partial charge on any atom is 0.0263 e. The van der Waals surface area contributed by atoms with Crippen LogP contribution in [0.4, 0.5) is 0 Å². The average Bonchev–Trinajstić information content (AvgIpc) is 2.14. The van der Waals surface area contributed by atoms with Gasteiger partial charge in [0.2, 0.25) is 0 Å². The highest BCUT2D eigenvalue weighted by atomic mass is 32.2. The van der Waals surface area contributed by atoms with Crippen LogP contribution in [0.15, 0.2) is 0 Å². The number of rotatable bonds is 4. The van der Waals surface area contributed by atoms with Gasteiger partial charge < -0.3 is 5.32 Å². The Morgan fingerprint density at radius 2 is 2.42 bits per heavy atom. The Hall–Kier alpha value is 0.220. The number of nitrogens with one attached hydrogen (secondary N) is 1. The van der Waals surface area contributed by atoms with Crippen LogP contribution in [0.1, 0.15) is 6.42 Å². The second-order valence-electron chi connectivity index (χ2n) is 2.73. The molecule has 0 radical (unpaired) electrons. The van der Waals surface area contributed by atoms with Crippen LogP contribution in [0.2, 0.25) is 0 Å². The predicted octanol–water partition coefficient (Wildman–Crippen LogP) is 1.45. The van der Waals surface area contributed by atoms with Crippen molar-refractivity contribution in [2.24, 2.45) is 0 Å². The third kappa shape index (κ3) is 4.30. The summed E-state index contributed by atoms with van der Waals surface area (Å²) in [6.07, 6.45) is 6.00. The SMILES string of the molecule is C#CCCNCC1CSCCS1. The minimum atomic E-state index is 0.807. The van der Waals surface area contributed by atoms with Gasteiger partial charge in [-0.2, -0.15) is 23.5 Å². The van der Waals surface area contributed by atoms with E-state index in [9.17, 15) is 0 Å².